The van der Waals surface area contributed by atoms with Crippen molar-refractivity contribution in [2.45, 2.75) is 6.92 Å². The maximum atomic E-state index is 10.9. The minimum atomic E-state index is -0.586. The minimum absolute atomic E-state index is 0.193. The van der Waals surface area contributed by atoms with Crippen LogP contribution in [0, 0.1) is 5.92 Å². The summed E-state index contributed by atoms with van der Waals surface area (Å²) < 4.78 is 0. The Kier molecular flexibility index (Phi) is 1.75. The van der Waals surface area contributed by atoms with Crippen molar-refractivity contribution in [2.24, 2.45) is 16.9 Å². The van der Waals surface area contributed by atoms with Crippen molar-refractivity contribution in [1.82, 2.24) is 10.6 Å². The van der Waals surface area contributed by atoms with Crippen LogP contribution in [0.1, 0.15) is 6.92 Å². The number of hydrazone groups is 1. The lowest BCUT2D eigenvalue weighted by atomic mass is 10.1. The summed E-state index contributed by atoms with van der Waals surface area (Å²) in [4.78, 5) is 21.5. The molecule has 0 aromatic carbocycles. The number of hydrogen-bond acceptors (Lipinski definition) is 4. The number of carbonyl (C=O) groups is 2. The van der Waals surface area contributed by atoms with Crippen LogP contribution >= 0.6 is 0 Å². The zero-order chi connectivity index (χ0) is 8.43. The van der Waals surface area contributed by atoms with Crippen molar-refractivity contribution in [3.8, 4) is 0 Å². The summed E-state index contributed by atoms with van der Waals surface area (Å²) >= 11 is 0. The molecule has 1 aliphatic rings. The summed E-state index contributed by atoms with van der Waals surface area (Å²) in [5.41, 5.74) is 0. The van der Waals surface area contributed by atoms with E-state index < -0.39 is 17.9 Å². The summed E-state index contributed by atoms with van der Waals surface area (Å²) in [6.45, 7) is 1.60. The van der Waals surface area contributed by atoms with Gasteiger partial charge < -0.3 is 5.84 Å². The van der Waals surface area contributed by atoms with Crippen LogP contribution in [0.4, 0.5) is 4.79 Å². The quantitative estimate of drug-likeness (QED) is 0.301. The molecule has 0 aromatic rings. The lowest BCUT2D eigenvalue weighted by Gasteiger charge is -2.19. The molecule has 1 unspecified atom stereocenters. The van der Waals surface area contributed by atoms with Crippen LogP contribution in [0.3, 0.4) is 0 Å². The SMILES string of the molecule is CC1C(=O)NC(=O)NC1=NN. The fraction of sp³-hybridized carbons (Fsp3) is 0.400. The molecule has 11 heavy (non-hydrogen) atoms. The minimum Gasteiger partial charge on any atom is -0.322 e. The number of nitrogens with one attached hydrogen (secondary N) is 2. The van der Waals surface area contributed by atoms with E-state index in [0.717, 1.165) is 0 Å². The Morgan fingerprint density at radius 2 is 2.09 bits per heavy atom. The molecule has 1 rings (SSSR count). The Labute approximate surface area is 62.8 Å². The fourth-order valence-corrected chi connectivity index (χ4v) is 0.744. The first kappa shape index (κ1) is 7.52. The summed E-state index contributed by atoms with van der Waals surface area (Å²) in [6, 6.07) is -0.586. The number of urea groups is 1. The molecular formula is C5H8N4O2. The summed E-state index contributed by atoms with van der Waals surface area (Å²) in [5.74, 6) is 4.23. The first-order valence-electron chi connectivity index (χ1n) is 3.04. The first-order valence-corrected chi connectivity index (χ1v) is 3.04. The zero-order valence-corrected chi connectivity index (χ0v) is 5.92. The van der Waals surface area contributed by atoms with Crippen molar-refractivity contribution >= 4 is 17.8 Å². The Morgan fingerprint density at radius 3 is 2.64 bits per heavy atom. The largest absolute Gasteiger partial charge is 0.326 e. The third-order valence-electron chi connectivity index (χ3n) is 1.42. The lowest BCUT2D eigenvalue weighted by Crippen LogP contribution is -2.55. The normalized spacial score (nSPS) is 28.1. The van der Waals surface area contributed by atoms with Gasteiger partial charge in [-0.1, -0.05) is 0 Å². The van der Waals surface area contributed by atoms with E-state index in [2.05, 4.69) is 15.7 Å². The molecule has 0 saturated carbocycles. The number of nitrogens with zero attached hydrogens (tertiary/aromatic N) is 1. The molecule has 6 nitrogen and oxygen atoms in total. The third-order valence-corrected chi connectivity index (χ3v) is 1.42. The predicted molar refractivity (Wildman–Crippen MR) is 37.5 cm³/mol. The number of carbonyl (C=O) groups excluding carboxylic acids is 2. The van der Waals surface area contributed by atoms with E-state index >= 15 is 0 Å². The van der Waals surface area contributed by atoms with Crippen LogP contribution in [0.2, 0.25) is 0 Å². The molecule has 1 fully saturated rings. The Morgan fingerprint density at radius 1 is 1.45 bits per heavy atom. The van der Waals surface area contributed by atoms with E-state index in [0.29, 0.717) is 0 Å². The Balaban J connectivity index is 2.83. The average molecular weight is 156 g/mol. The van der Waals surface area contributed by atoms with Gasteiger partial charge in [-0.15, -0.1) is 0 Å². The highest BCUT2D eigenvalue weighted by atomic mass is 16.2. The smallest absolute Gasteiger partial charge is 0.322 e. The molecule has 0 bridgehead atoms. The summed E-state index contributed by atoms with van der Waals surface area (Å²) in [6.07, 6.45) is 0. The molecule has 4 N–H and O–H groups in total. The number of nitrogens with two attached hydrogens (primary N) is 1. The van der Waals surface area contributed by atoms with E-state index in [1.807, 2.05) is 0 Å². The summed E-state index contributed by atoms with van der Waals surface area (Å²) in [7, 11) is 0. The molecule has 1 saturated heterocycles. The van der Waals surface area contributed by atoms with Crippen LogP contribution < -0.4 is 16.5 Å². The zero-order valence-electron chi connectivity index (χ0n) is 5.92. The van der Waals surface area contributed by atoms with Crippen LogP contribution in [0.25, 0.3) is 0 Å². The van der Waals surface area contributed by atoms with Gasteiger partial charge in [-0.3, -0.25) is 15.4 Å². The molecule has 0 spiro atoms. The standard InChI is InChI=1S/C5H8N4O2/c1-2-3(9-6)7-5(11)8-4(2)10/h2H,6H2,1H3,(H2,7,8,9,10,11). The molecule has 6 heteroatoms. The van der Waals surface area contributed by atoms with Crippen LogP contribution in [0.5, 0.6) is 0 Å². The van der Waals surface area contributed by atoms with E-state index in [-0.39, 0.29) is 5.84 Å². The summed E-state index contributed by atoms with van der Waals surface area (Å²) in [5, 5.41) is 7.62. The fourth-order valence-electron chi connectivity index (χ4n) is 0.744. The van der Waals surface area contributed by atoms with Crippen molar-refractivity contribution in [3.63, 3.8) is 0 Å². The van der Waals surface area contributed by atoms with Gasteiger partial charge in [0.05, 0.1) is 5.92 Å². The molecular weight excluding hydrogens is 148 g/mol. The van der Waals surface area contributed by atoms with Crippen LogP contribution in [-0.4, -0.2) is 17.8 Å². The van der Waals surface area contributed by atoms with E-state index in [4.69, 9.17) is 5.84 Å². The van der Waals surface area contributed by atoms with Gasteiger partial charge in [0.25, 0.3) is 0 Å². The van der Waals surface area contributed by atoms with Crippen molar-refractivity contribution in [2.75, 3.05) is 0 Å². The lowest BCUT2D eigenvalue weighted by molar-refractivity contribution is -0.121. The van der Waals surface area contributed by atoms with Gasteiger partial charge in [-0.2, -0.15) is 5.10 Å². The van der Waals surface area contributed by atoms with Crippen molar-refractivity contribution < 1.29 is 9.59 Å². The highest BCUT2D eigenvalue weighted by molar-refractivity contribution is 6.17. The second kappa shape index (κ2) is 2.57. The topological polar surface area (TPSA) is 96.6 Å². The maximum absolute atomic E-state index is 10.9. The Hall–Kier alpha value is -1.59. The number of imide groups is 1. The van der Waals surface area contributed by atoms with Crippen LogP contribution in [-0.2, 0) is 4.79 Å². The Bertz CT molecular complexity index is 235. The second-order valence-electron chi connectivity index (χ2n) is 2.18. The van der Waals surface area contributed by atoms with E-state index in [9.17, 15) is 9.59 Å². The molecule has 60 valence electrons. The molecule has 0 aromatic heterocycles. The second-order valence-corrected chi connectivity index (χ2v) is 2.18. The molecule has 1 atom stereocenters. The van der Waals surface area contributed by atoms with Gasteiger partial charge in [0.2, 0.25) is 5.91 Å². The van der Waals surface area contributed by atoms with Gasteiger partial charge in [0.15, 0.2) is 0 Å². The highest BCUT2D eigenvalue weighted by Crippen LogP contribution is 2.00. The van der Waals surface area contributed by atoms with Gasteiger partial charge in [0.1, 0.15) is 5.84 Å². The predicted octanol–water partition coefficient (Wildman–Crippen LogP) is -1.27. The molecule has 1 aliphatic heterocycles. The van der Waals surface area contributed by atoms with Crippen molar-refractivity contribution in [3.05, 3.63) is 0 Å². The van der Waals surface area contributed by atoms with Gasteiger partial charge in [-0.05, 0) is 6.92 Å². The van der Waals surface area contributed by atoms with E-state index in [1.165, 1.54) is 0 Å². The highest BCUT2D eigenvalue weighted by Gasteiger charge is 2.27. The van der Waals surface area contributed by atoms with Crippen molar-refractivity contribution in [1.29, 1.82) is 0 Å². The average Bonchev–Trinajstić information content (AvgIpc) is 1.96. The van der Waals surface area contributed by atoms with E-state index in [1.54, 1.807) is 6.92 Å². The van der Waals surface area contributed by atoms with Crippen LogP contribution in [0.15, 0.2) is 5.10 Å². The monoisotopic (exact) mass is 156 g/mol. The van der Waals surface area contributed by atoms with Gasteiger partial charge in [-0.25, -0.2) is 4.79 Å². The number of rotatable bonds is 0. The van der Waals surface area contributed by atoms with Gasteiger partial charge >= 0.3 is 6.03 Å². The molecule has 0 aliphatic carbocycles. The molecule has 0 radical (unpaired) electrons. The number of hydrogen-bond donors (Lipinski definition) is 3. The first-order chi connectivity index (χ1) is 5.15. The molecule has 1 heterocycles. The van der Waals surface area contributed by atoms with Gasteiger partial charge in [0, 0.05) is 0 Å². The number of amidine groups is 1. The molecule has 3 amide bonds. The number of amides is 3. The maximum Gasteiger partial charge on any atom is 0.326 e. The third kappa shape index (κ3) is 1.28.